The molecule has 0 unspecified atom stereocenters. The van der Waals surface area contributed by atoms with Crippen LogP contribution in [-0.2, 0) is 5.41 Å². The van der Waals surface area contributed by atoms with E-state index in [-0.39, 0.29) is 0 Å². The number of para-hydroxylation sites is 3. The maximum absolute atomic E-state index is 2.49. The van der Waals surface area contributed by atoms with Crippen LogP contribution in [0.25, 0.3) is 86.6 Å². The Hall–Kier alpha value is -10.1. The first-order valence-corrected chi connectivity index (χ1v) is 28.4. The quantitative estimate of drug-likeness (QED) is 0.142. The summed E-state index contributed by atoms with van der Waals surface area (Å²) in [5, 5.41) is 5.21. The molecule has 0 radical (unpaired) electrons. The number of anilines is 6. The summed E-state index contributed by atoms with van der Waals surface area (Å²) in [4.78, 5) is 4.86. The van der Waals surface area contributed by atoms with Gasteiger partial charge in [-0.25, -0.2) is 0 Å². The van der Waals surface area contributed by atoms with Crippen LogP contribution in [0.5, 0.6) is 0 Å². The number of hydrogen-bond acceptors (Lipinski definition) is 3. The second kappa shape index (κ2) is 18.6. The zero-order valence-electron chi connectivity index (χ0n) is 43.7. The predicted molar refractivity (Wildman–Crippen MR) is 339 cm³/mol. The zero-order chi connectivity index (χ0) is 52.7. The van der Waals surface area contributed by atoms with Crippen molar-refractivity contribution in [3.63, 3.8) is 0 Å². The van der Waals surface area contributed by atoms with Gasteiger partial charge in [0, 0.05) is 54.3 Å². The average molecular weight is 1040 g/mol. The Labute approximate surface area is 470 Å². The highest BCUT2D eigenvalue weighted by Gasteiger charge is 2.51. The summed E-state index contributed by atoms with van der Waals surface area (Å²) >= 11 is 1.91. The van der Waals surface area contributed by atoms with Crippen molar-refractivity contribution in [2.24, 2.45) is 0 Å². The molecule has 13 aromatic carbocycles. The van der Waals surface area contributed by atoms with E-state index in [1.54, 1.807) is 0 Å². The molecule has 16 rings (SSSR count). The molecule has 2 aliphatic carbocycles. The summed E-state index contributed by atoms with van der Waals surface area (Å²) < 4.78 is 2.66. The summed E-state index contributed by atoms with van der Waals surface area (Å²) in [5.41, 5.74) is 23.4. The molecule has 2 aliphatic rings. The van der Waals surface area contributed by atoms with Crippen molar-refractivity contribution >= 4 is 76.4 Å². The first-order valence-electron chi connectivity index (χ1n) is 27.6. The van der Waals surface area contributed by atoms with E-state index >= 15 is 0 Å². The van der Waals surface area contributed by atoms with Gasteiger partial charge in [0.1, 0.15) is 0 Å². The Kier molecular flexibility index (Phi) is 10.7. The molecule has 80 heavy (non-hydrogen) atoms. The molecule has 0 atom stereocenters. The van der Waals surface area contributed by atoms with Crippen LogP contribution >= 0.6 is 11.3 Å². The van der Waals surface area contributed by atoms with E-state index in [9.17, 15) is 0 Å². The maximum Gasteiger partial charge on any atom is 0.0726 e. The maximum atomic E-state index is 2.49. The lowest BCUT2D eigenvalue weighted by Crippen LogP contribution is -2.26. The van der Waals surface area contributed by atoms with Gasteiger partial charge in [0.25, 0.3) is 0 Å². The molecule has 0 amide bonds. The molecule has 0 bridgehead atoms. The van der Waals surface area contributed by atoms with Crippen LogP contribution in [0.2, 0.25) is 0 Å². The number of nitrogens with zero attached hydrogens (tertiary/aromatic N) is 2. The smallest absolute Gasteiger partial charge is 0.0726 e. The van der Waals surface area contributed by atoms with Gasteiger partial charge in [-0.2, -0.15) is 0 Å². The number of thiophene rings is 1. The van der Waals surface area contributed by atoms with E-state index in [2.05, 4.69) is 313 Å². The molecule has 0 N–H and O–H groups in total. The number of benzene rings is 13. The second-order valence-electron chi connectivity index (χ2n) is 21.1. The highest BCUT2D eigenvalue weighted by molar-refractivity contribution is 7.27. The van der Waals surface area contributed by atoms with E-state index in [1.807, 2.05) is 11.3 Å². The Morgan fingerprint density at radius 3 is 1.26 bits per heavy atom. The van der Waals surface area contributed by atoms with Crippen molar-refractivity contribution in [2.45, 2.75) is 5.41 Å². The SMILES string of the molecule is c1ccc(N(c2ccccc2)c2cc(-c3cccc(-c4cccc(-c5cccc6c5sc5c7ccccc7ccc65)c4)c3)cc(N(c3ccccc3)c3ccc4c(c3)C3(c5ccccc5-c5ccccc53)c3ccccc3-4)c2)cc1. The summed E-state index contributed by atoms with van der Waals surface area (Å²) in [7, 11) is 0. The van der Waals surface area contributed by atoms with Crippen LogP contribution < -0.4 is 9.80 Å². The lowest BCUT2D eigenvalue weighted by molar-refractivity contribution is 0.793. The van der Waals surface area contributed by atoms with E-state index in [0.717, 1.165) is 50.8 Å². The summed E-state index contributed by atoms with van der Waals surface area (Å²) in [6.07, 6.45) is 0. The van der Waals surface area contributed by atoms with Gasteiger partial charge in [-0.15, -0.1) is 11.3 Å². The Bertz CT molecular complexity index is 4630. The lowest BCUT2D eigenvalue weighted by Gasteiger charge is -2.33. The first-order chi connectivity index (χ1) is 39.7. The Balaban J connectivity index is 0.883. The molecule has 1 spiro atoms. The van der Waals surface area contributed by atoms with Gasteiger partial charge in [-0.3, -0.25) is 0 Å². The highest BCUT2D eigenvalue weighted by Crippen LogP contribution is 2.63. The molecule has 2 nitrogen and oxygen atoms in total. The first kappa shape index (κ1) is 46.1. The highest BCUT2D eigenvalue weighted by atomic mass is 32.1. The van der Waals surface area contributed by atoms with Crippen LogP contribution in [0.4, 0.5) is 34.1 Å². The molecule has 0 saturated heterocycles. The van der Waals surface area contributed by atoms with Crippen molar-refractivity contribution < 1.29 is 0 Å². The van der Waals surface area contributed by atoms with Gasteiger partial charge >= 0.3 is 0 Å². The number of hydrogen-bond donors (Lipinski definition) is 0. The molecule has 14 aromatic rings. The van der Waals surface area contributed by atoms with E-state index < -0.39 is 5.41 Å². The molecule has 0 aliphatic heterocycles. The normalized spacial score (nSPS) is 12.6. The fourth-order valence-electron chi connectivity index (χ4n) is 13.4. The molecular weight excluding hydrogens is 985 g/mol. The van der Waals surface area contributed by atoms with E-state index in [4.69, 9.17) is 0 Å². The standard InChI is InChI=1S/C77H50N2S/c1-4-26-57(27-5-1)78(58-28-6-2-7-29-58)61-47-56(54-24-18-22-52(45-54)53-23-19-25-55(46-53)64-36-20-37-69-70-43-41-51-21-10-11-32-63(51)75(70)80-76(64)69)48-62(49-61)79(59-30-8-3-9-31-59)60-42-44-68-67-35-14-17-40-73(67)77(74(68)50-60)71-38-15-12-33-65(71)66-34-13-16-39-72(66)77/h1-50H. The Morgan fingerprint density at radius 1 is 0.225 bits per heavy atom. The minimum atomic E-state index is -0.487. The van der Waals surface area contributed by atoms with Crippen molar-refractivity contribution in [3.8, 4) is 55.6 Å². The fourth-order valence-corrected chi connectivity index (χ4v) is 14.7. The van der Waals surface area contributed by atoms with Gasteiger partial charge in [0.05, 0.1) is 5.41 Å². The second-order valence-corrected chi connectivity index (χ2v) is 22.2. The molecular formula is C77H50N2S. The summed E-state index contributed by atoms with van der Waals surface area (Å²) in [6.45, 7) is 0. The molecule has 374 valence electrons. The molecule has 0 saturated carbocycles. The van der Waals surface area contributed by atoms with Crippen molar-refractivity contribution in [1.29, 1.82) is 0 Å². The van der Waals surface area contributed by atoms with Gasteiger partial charge in [-0.1, -0.05) is 224 Å². The van der Waals surface area contributed by atoms with Crippen LogP contribution in [0.1, 0.15) is 22.3 Å². The van der Waals surface area contributed by atoms with Gasteiger partial charge in [0.15, 0.2) is 0 Å². The minimum Gasteiger partial charge on any atom is -0.310 e. The van der Waals surface area contributed by atoms with Crippen LogP contribution in [0.3, 0.4) is 0 Å². The van der Waals surface area contributed by atoms with Crippen LogP contribution in [-0.4, -0.2) is 0 Å². The molecule has 1 aromatic heterocycles. The minimum absolute atomic E-state index is 0.487. The number of fused-ring (bicyclic) bond motifs is 15. The largest absolute Gasteiger partial charge is 0.310 e. The summed E-state index contributed by atoms with van der Waals surface area (Å²) in [5.74, 6) is 0. The third-order valence-corrected chi connectivity index (χ3v) is 18.1. The Morgan fingerprint density at radius 2 is 0.662 bits per heavy atom. The van der Waals surface area contributed by atoms with Gasteiger partial charge in [0.2, 0.25) is 0 Å². The van der Waals surface area contributed by atoms with Gasteiger partial charge in [-0.05, 0) is 168 Å². The average Bonchev–Trinajstić information content (AvgIpc) is 4.36. The van der Waals surface area contributed by atoms with Crippen molar-refractivity contribution in [3.05, 3.63) is 326 Å². The third-order valence-electron chi connectivity index (χ3n) is 16.8. The topological polar surface area (TPSA) is 6.48 Å². The molecule has 1 heterocycles. The van der Waals surface area contributed by atoms with Crippen molar-refractivity contribution in [1.82, 2.24) is 0 Å². The predicted octanol–water partition coefficient (Wildman–Crippen LogP) is 21.5. The van der Waals surface area contributed by atoms with E-state index in [0.29, 0.717) is 0 Å². The summed E-state index contributed by atoms with van der Waals surface area (Å²) in [6, 6.07) is 112. The van der Waals surface area contributed by atoms with Crippen LogP contribution in [0, 0.1) is 0 Å². The molecule has 0 fully saturated rings. The third kappa shape index (κ3) is 7.18. The van der Waals surface area contributed by atoms with E-state index in [1.165, 1.54) is 92.1 Å². The zero-order valence-corrected chi connectivity index (χ0v) is 44.5. The van der Waals surface area contributed by atoms with Crippen molar-refractivity contribution in [2.75, 3.05) is 9.80 Å². The van der Waals surface area contributed by atoms with Crippen LogP contribution in [0.15, 0.2) is 303 Å². The fraction of sp³-hybridized carbons (Fsp3) is 0.0130. The van der Waals surface area contributed by atoms with Gasteiger partial charge < -0.3 is 9.80 Å². The number of rotatable bonds is 9. The lowest BCUT2D eigenvalue weighted by atomic mass is 9.70. The monoisotopic (exact) mass is 1030 g/mol. The molecule has 3 heteroatoms.